The second-order valence-corrected chi connectivity index (χ2v) is 9.69. The van der Waals surface area contributed by atoms with Crippen LogP contribution in [-0.2, 0) is 13.1 Å². The van der Waals surface area contributed by atoms with Crippen molar-refractivity contribution in [2.75, 3.05) is 25.0 Å². The molecule has 0 radical (unpaired) electrons. The summed E-state index contributed by atoms with van der Waals surface area (Å²) in [6.45, 7) is 2.58. The van der Waals surface area contributed by atoms with Gasteiger partial charge in [-0.1, -0.05) is 42.5 Å². The zero-order valence-electron chi connectivity index (χ0n) is 19.0. The van der Waals surface area contributed by atoms with Crippen molar-refractivity contribution in [2.24, 2.45) is 0 Å². The number of carbonyl (C=O) groups is 2. The largest absolute Gasteiger partial charge is 0.394 e. The molecule has 4 N–H and O–H groups in total. The van der Waals surface area contributed by atoms with Gasteiger partial charge in [0.1, 0.15) is 0 Å². The van der Waals surface area contributed by atoms with Crippen molar-refractivity contribution in [1.82, 2.24) is 15.5 Å². The number of nitrogens with one attached hydrogen (secondary N) is 3. The molecule has 1 unspecified atom stereocenters. The summed E-state index contributed by atoms with van der Waals surface area (Å²) in [7, 11) is 0. The van der Waals surface area contributed by atoms with Crippen LogP contribution in [0.15, 0.2) is 72.1 Å². The van der Waals surface area contributed by atoms with E-state index in [1.165, 1.54) is 5.56 Å². The summed E-state index contributed by atoms with van der Waals surface area (Å²) in [6, 6.07) is 20.5. The van der Waals surface area contributed by atoms with Gasteiger partial charge in [-0.2, -0.15) is 0 Å². The summed E-state index contributed by atoms with van der Waals surface area (Å²) in [4.78, 5) is 28.7. The first-order valence-electron chi connectivity index (χ1n) is 11.4. The zero-order valence-corrected chi connectivity index (χ0v) is 19.8. The molecule has 1 aromatic heterocycles. The third kappa shape index (κ3) is 6.44. The van der Waals surface area contributed by atoms with Crippen LogP contribution in [0, 0.1) is 0 Å². The molecule has 0 spiro atoms. The maximum atomic E-state index is 12.8. The molecule has 8 heteroatoms. The Balaban J connectivity index is 1.34. The van der Waals surface area contributed by atoms with E-state index < -0.39 is 11.6 Å². The Morgan fingerprint density at radius 2 is 1.91 bits per heavy atom. The fourth-order valence-electron chi connectivity index (χ4n) is 4.30. The predicted molar refractivity (Wildman–Crippen MR) is 135 cm³/mol. The van der Waals surface area contributed by atoms with Gasteiger partial charge in [-0.3, -0.25) is 9.69 Å². The van der Waals surface area contributed by atoms with Crippen molar-refractivity contribution >= 4 is 29.0 Å². The standard InChI is InChI=1S/C26H30N4O3S/c31-19-26(12-6-13-30(18-26)17-20-7-2-1-3-8-20)29-25(33)28-22-10-4-9-21(15-22)24(32)27-16-23-11-5-14-34-23/h1-5,7-11,14-15,31H,6,12-13,16-19H2,(H,27,32)(H2,28,29,33). The van der Waals surface area contributed by atoms with E-state index in [0.717, 1.165) is 24.4 Å². The van der Waals surface area contributed by atoms with E-state index in [-0.39, 0.29) is 12.5 Å². The molecule has 0 saturated carbocycles. The van der Waals surface area contributed by atoms with E-state index in [1.807, 2.05) is 35.7 Å². The SMILES string of the molecule is O=C(Nc1cccc(C(=O)NCc2cccs2)c1)NC1(CO)CCCN(Cc2ccccc2)C1. The fourth-order valence-corrected chi connectivity index (χ4v) is 4.94. The van der Waals surface area contributed by atoms with Crippen LogP contribution in [0.1, 0.15) is 33.6 Å². The number of piperidine rings is 1. The maximum Gasteiger partial charge on any atom is 0.319 e. The molecule has 1 saturated heterocycles. The van der Waals surface area contributed by atoms with Gasteiger partial charge < -0.3 is 21.1 Å². The number of anilines is 1. The summed E-state index contributed by atoms with van der Waals surface area (Å²) in [6.07, 6.45) is 1.58. The summed E-state index contributed by atoms with van der Waals surface area (Å²) < 4.78 is 0. The molecule has 1 atom stereocenters. The second-order valence-electron chi connectivity index (χ2n) is 8.66. The minimum atomic E-state index is -0.715. The molecule has 3 aromatic rings. The van der Waals surface area contributed by atoms with Gasteiger partial charge in [0.05, 0.1) is 18.7 Å². The predicted octanol–water partition coefficient (Wildman–Crippen LogP) is 3.83. The highest BCUT2D eigenvalue weighted by Crippen LogP contribution is 2.23. The fraction of sp³-hybridized carbons (Fsp3) is 0.308. The van der Waals surface area contributed by atoms with E-state index in [0.29, 0.717) is 30.8 Å². The van der Waals surface area contributed by atoms with Gasteiger partial charge in [0.15, 0.2) is 0 Å². The summed E-state index contributed by atoms with van der Waals surface area (Å²) in [5.74, 6) is -0.201. The van der Waals surface area contributed by atoms with Gasteiger partial charge in [-0.25, -0.2) is 4.79 Å². The quantitative estimate of drug-likeness (QED) is 0.396. The highest BCUT2D eigenvalue weighted by Gasteiger charge is 2.36. The molecule has 4 rings (SSSR count). The molecule has 1 fully saturated rings. The average Bonchev–Trinajstić information content (AvgIpc) is 3.37. The lowest BCUT2D eigenvalue weighted by atomic mass is 9.89. The molecule has 0 bridgehead atoms. The first-order valence-corrected chi connectivity index (χ1v) is 12.3. The Kier molecular flexibility index (Phi) is 7.95. The smallest absolute Gasteiger partial charge is 0.319 e. The number of hydrogen-bond acceptors (Lipinski definition) is 5. The molecule has 34 heavy (non-hydrogen) atoms. The molecule has 1 aliphatic heterocycles. The monoisotopic (exact) mass is 478 g/mol. The summed E-state index contributed by atoms with van der Waals surface area (Å²) in [5.41, 5.74) is 1.48. The van der Waals surface area contributed by atoms with Gasteiger partial charge in [-0.15, -0.1) is 11.3 Å². The number of thiophene rings is 1. The van der Waals surface area contributed by atoms with Crippen LogP contribution >= 0.6 is 11.3 Å². The van der Waals surface area contributed by atoms with Crippen LogP contribution in [0.25, 0.3) is 0 Å². The normalized spacial score (nSPS) is 18.3. The topological polar surface area (TPSA) is 93.7 Å². The first-order chi connectivity index (χ1) is 16.5. The number of carbonyl (C=O) groups excluding carboxylic acids is 2. The number of hydrogen-bond donors (Lipinski definition) is 4. The van der Waals surface area contributed by atoms with Crippen molar-refractivity contribution in [3.8, 4) is 0 Å². The third-order valence-corrected chi connectivity index (χ3v) is 6.85. The maximum absolute atomic E-state index is 12.8. The van der Waals surface area contributed by atoms with Gasteiger partial charge in [0.2, 0.25) is 0 Å². The van der Waals surface area contributed by atoms with Gasteiger partial charge in [0, 0.05) is 29.2 Å². The Hall–Kier alpha value is -3.20. The molecular formula is C26H30N4O3S. The van der Waals surface area contributed by atoms with Crippen LogP contribution in [0.4, 0.5) is 10.5 Å². The molecule has 2 heterocycles. The Morgan fingerprint density at radius 1 is 1.06 bits per heavy atom. The number of amides is 3. The molecule has 2 aromatic carbocycles. The number of urea groups is 1. The lowest BCUT2D eigenvalue weighted by Gasteiger charge is -2.42. The van der Waals surface area contributed by atoms with E-state index in [2.05, 4.69) is 33.0 Å². The molecule has 0 aliphatic carbocycles. The molecule has 1 aliphatic rings. The van der Waals surface area contributed by atoms with Crippen molar-refractivity contribution in [2.45, 2.75) is 31.5 Å². The Bertz CT molecular complexity index is 1090. The highest BCUT2D eigenvalue weighted by molar-refractivity contribution is 7.09. The Morgan fingerprint density at radius 3 is 2.68 bits per heavy atom. The van der Waals surface area contributed by atoms with Crippen LogP contribution in [0.3, 0.4) is 0 Å². The van der Waals surface area contributed by atoms with E-state index in [4.69, 9.17) is 0 Å². The molecule has 178 valence electrons. The summed E-state index contributed by atoms with van der Waals surface area (Å²) >= 11 is 1.59. The third-order valence-electron chi connectivity index (χ3n) is 5.97. The van der Waals surface area contributed by atoms with Gasteiger partial charge >= 0.3 is 6.03 Å². The summed E-state index contributed by atoms with van der Waals surface area (Å²) in [5, 5.41) is 20.9. The Labute approximate surface area is 203 Å². The molecular weight excluding hydrogens is 448 g/mol. The minimum absolute atomic E-state index is 0.142. The minimum Gasteiger partial charge on any atom is -0.394 e. The van der Waals surface area contributed by atoms with Crippen molar-refractivity contribution < 1.29 is 14.7 Å². The number of nitrogens with zero attached hydrogens (tertiary/aromatic N) is 1. The number of likely N-dealkylation sites (tertiary alicyclic amines) is 1. The van der Waals surface area contributed by atoms with Crippen molar-refractivity contribution in [3.63, 3.8) is 0 Å². The van der Waals surface area contributed by atoms with Crippen molar-refractivity contribution in [1.29, 1.82) is 0 Å². The highest BCUT2D eigenvalue weighted by atomic mass is 32.1. The van der Waals surface area contributed by atoms with Gasteiger partial charge in [-0.05, 0) is 54.6 Å². The lowest BCUT2D eigenvalue weighted by Crippen LogP contribution is -2.61. The van der Waals surface area contributed by atoms with Crippen molar-refractivity contribution in [3.05, 3.63) is 88.1 Å². The average molecular weight is 479 g/mol. The molecule has 3 amide bonds. The van der Waals surface area contributed by atoms with E-state index in [1.54, 1.807) is 35.6 Å². The zero-order chi connectivity index (χ0) is 23.8. The lowest BCUT2D eigenvalue weighted by molar-refractivity contribution is 0.0712. The second kappa shape index (κ2) is 11.3. The first kappa shape index (κ1) is 23.9. The van der Waals surface area contributed by atoms with Crippen LogP contribution in [-0.4, -0.2) is 47.2 Å². The number of aliphatic hydroxyl groups excluding tert-OH is 1. The van der Waals surface area contributed by atoms with E-state index in [9.17, 15) is 14.7 Å². The number of aliphatic hydroxyl groups is 1. The van der Waals surface area contributed by atoms with E-state index >= 15 is 0 Å². The van der Waals surface area contributed by atoms with Gasteiger partial charge in [0.25, 0.3) is 5.91 Å². The molecule has 7 nitrogen and oxygen atoms in total. The van der Waals surface area contributed by atoms with Crippen LogP contribution < -0.4 is 16.0 Å². The van der Waals surface area contributed by atoms with Crippen LogP contribution in [0.2, 0.25) is 0 Å². The number of benzene rings is 2. The number of rotatable bonds is 8. The van der Waals surface area contributed by atoms with Crippen LogP contribution in [0.5, 0.6) is 0 Å².